The van der Waals surface area contributed by atoms with Gasteiger partial charge in [0.25, 0.3) is 0 Å². The van der Waals surface area contributed by atoms with Gasteiger partial charge in [0.05, 0.1) is 0 Å². The molecule has 0 bridgehead atoms. The lowest BCUT2D eigenvalue weighted by atomic mass is 10.1. The number of phenolic OH excluding ortho intramolecular Hbond substituents is 1. The first-order valence-corrected chi connectivity index (χ1v) is 4.92. The van der Waals surface area contributed by atoms with E-state index in [1.165, 1.54) is 29.5 Å². The molecule has 0 radical (unpaired) electrons. The minimum Gasteiger partial charge on any atom is -0.507 e. The molecule has 0 saturated heterocycles. The van der Waals surface area contributed by atoms with E-state index in [2.05, 4.69) is 0 Å². The molecule has 0 aliphatic rings. The van der Waals surface area contributed by atoms with Crippen molar-refractivity contribution in [2.75, 3.05) is 0 Å². The first-order chi connectivity index (χ1) is 6.73. The largest absolute Gasteiger partial charge is 0.507 e. The van der Waals surface area contributed by atoms with Crippen molar-refractivity contribution in [3.8, 4) is 5.75 Å². The summed E-state index contributed by atoms with van der Waals surface area (Å²) in [4.78, 5) is 10.9. The van der Waals surface area contributed by atoms with Crippen molar-refractivity contribution < 1.29 is 23.1 Å². The lowest BCUT2D eigenvalue weighted by molar-refractivity contribution is -0.139. The molecular weight excluding hydrogens is 324 g/mol. The Kier molecular flexibility index (Phi) is 3.27. The molecule has 0 fully saturated rings. The van der Waals surface area contributed by atoms with Crippen molar-refractivity contribution >= 4 is 28.4 Å². The molecule has 0 unspecified atom stereocenters. The van der Waals surface area contributed by atoms with Gasteiger partial charge >= 0.3 is 6.18 Å². The van der Waals surface area contributed by atoms with Gasteiger partial charge in [-0.3, -0.25) is 4.79 Å². The number of alkyl halides is 3. The standard InChI is InChI=1S/C9H6F3IO2/c1-4(14)5-2-6(13)8(7(15)3-5)9(10,11)12/h2-3,15H,1H3. The molecule has 0 aliphatic heterocycles. The third-order valence-electron chi connectivity index (χ3n) is 1.76. The van der Waals surface area contributed by atoms with E-state index in [4.69, 9.17) is 0 Å². The Balaban J connectivity index is 3.41. The van der Waals surface area contributed by atoms with Crippen molar-refractivity contribution in [3.05, 3.63) is 26.8 Å². The smallest absolute Gasteiger partial charge is 0.420 e. The van der Waals surface area contributed by atoms with Gasteiger partial charge in [-0.15, -0.1) is 0 Å². The molecule has 0 aliphatic carbocycles. The maximum absolute atomic E-state index is 12.4. The maximum Gasteiger partial charge on any atom is 0.420 e. The van der Waals surface area contributed by atoms with E-state index in [0.29, 0.717) is 0 Å². The molecule has 1 aromatic carbocycles. The number of carbonyl (C=O) groups is 1. The number of phenols is 1. The van der Waals surface area contributed by atoms with Crippen LogP contribution in [0, 0.1) is 3.57 Å². The van der Waals surface area contributed by atoms with Gasteiger partial charge in [0.1, 0.15) is 11.3 Å². The fourth-order valence-electron chi connectivity index (χ4n) is 1.08. The van der Waals surface area contributed by atoms with Crippen LogP contribution < -0.4 is 0 Å². The quantitative estimate of drug-likeness (QED) is 0.634. The third-order valence-corrected chi connectivity index (χ3v) is 2.61. The van der Waals surface area contributed by atoms with E-state index in [1.54, 1.807) is 0 Å². The molecule has 6 heteroatoms. The van der Waals surface area contributed by atoms with Gasteiger partial charge < -0.3 is 5.11 Å². The molecule has 0 saturated carbocycles. The van der Waals surface area contributed by atoms with Crippen LogP contribution in [-0.4, -0.2) is 10.9 Å². The van der Waals surface area contributed by atoms with Crippen molar-refractivity contribution in [2.24, 2.45) is 0 Å². The van der Waals surface area contributed by atoms with Crippen molar-refractivity contribution in [1.29, 1.82) is 0 Å². The summed E-state index contributed by atoms with van der Waals surface area (Å²) in [5.41, 5.74) is -1.04. The van der Waals surface area contributed by atoms with Crippen molar-refractivity contribution in [1.82, 2.24) is 0 Å². The number of rotatable bonds is 1. The summed E-state index contributed by atoms with van der Waals surface area (Å²) in [6.07, 6.45) is -4.62. The first kappa shape index (κ1) is 12.3. The number of aromatic hydroxyl groups is 1. The van der Waals surface area contributed by atoms with E-state index < -0.39 is 23.3 Å². The Morgan fingerprint density at radius 3 is 2.27 bits per heavy atom. The highest BCUT2D eigenvalue weighted by atomic mass is 127. The van der Waals surface area contributed by atoms with Crippen molar-refractivity contribution in [3.63, 3.8) is 0 Å². The first-order valence-electron chi connectivity index (χ1n) is 3.84. The molecule has 0 amide bonds. The predicted octanol–water partition coefficient (Wildman–Crippen LogP) is 3.22. The van der Waals surface area contributed by atoms with E-state index in [1.807, 2.05) is 0 Å². The Bertz CT molecular complexity index is 389. The van der Waals surface area contributed by atoms with Gasteiger partial charge in [-0.25, -0.2) is 0 Å². The summed E-state index contributed by atoms with van der Waals surface area (Å²) in [7, 11) is 0. The van der Waals surface area contributed by atoms with Crippen LogP contribution in [0.2, 0.25) is 0 Å². The van der Waals surface area contributed by atoms with E-state index in [0.717, 1.165) is 12.1 Å². The average molecular weight is 330 g/mol. The Labute approximate surface area is 97.2 Å². The van der Waals surface area contributed by atoms with Crippen LogP contribution in [0.25, 0.3) is 0 Å². The number of hydrogen-bond donors (Lipinski definition) is 1. The zero-order chi connectivity index (χ0) is 11.8. The van der Waals surface area contributed by atoms with Crippen LogP contribution in [0.5, 0.6) is 5.75 Å². The second-order valence-electron chi connectivity index (χ2n) is 2.91. The number of benzene rings is 1. The van der Waals surface area contributed by atoms with Gasteiger partial charge in [0.2, 0.25) is 0 Å². The molecule has 15 heavy (non-hydrogen) atoms. The van der Waals surface area contributed by atoms with Gasteiger partial charge in [0, 0.05) is 9.13 Å². The molecule has 82 valence electrons. The van der Waals surface area contributed by atoms with Crippen LogP contribution in [0.3, 0.4) is 0 Å². The topological polar surface area (TPSA) is 37.3 Å². The van der Waals surface area contributed by atoms with Crippen LogP contribution in [0.4, 0.5) is 13.2 Å². The minimum absolute atomic E-state index is 0.0601. The summed E-state index contributed by atoms with van der Waals surface area (Å²) in [6, 6.07) is 1.93. The summed E-state index contributed by atoms with van der Waals surface area (Å²) in [5.74, 6) is -1.31. The molecule has 2 nitrogen and oxygen atoms in total. The third kappa shape index (κ3) is 2.61. The van der Waals surface area contributed by atoms with Gasteiger partial charge in [-0.2, -0.15) is 13.2 Å². The summed E-state index contributed by atoms with van der Waals surface area (Å²) in [6.45, 7) is 1.22. The maximum atomic E-state index is 12.4. The van der Waals surface area contributed by atoms with Gasteiger partial charge in [0.15, 0.2) is 5.78 Å². The van der Waals surface area contributed by atoms with Crippen LogP contribution in [0.15, 0.2) is 12.1 Å². The normalized spacial score (nSPS) is 11.5. The fraction of sp³-hybridized carbons (Fsp3) is 0.222. The zero-order valence-electron chi connectivity index (χ0n) is 7.52. The number of Topliss-reactive ketones (excluding diaryl/α,β-unsaturated/α-hetero) is 1. The lowest BCUT2D eigenvalue weighted by Gasteiger charge is -2.12. The fourth-order valence-corrected chi connectivity index (χ4v) is 1.99. The molecule has 0 heterocycles. The number of carbonyl (C=O) groups excluding carboxylic acids is 1. The molecule has 1 N–H and O–H groups in total. The lowest BCUT2D eigenvalue weighted by Crippen LogP contribution is -2.09. The van der Waals surface area contributed by atoms with Gasteiger partial charge in [-0.05, 0) is 41.6 Å². The van der Waals surface area contributed by atoms with Crippen molar-refractivity contribution in [2.45, 2.75) is 13.1 Å². The summed E-state index contributed by atoms with van der Waals surface area (Å²) in [5, 5.41) is 9.18. The molecule has 1 aromatic rings. The SMILES string of the molecule is CC(=O)c1cc(O)c(C(F)(F)F)c(I)c1. The number of hydrogen-bond acceptors (Lipinski definition) is 2. The molecule has 0 atom stereocenters. The van der Waals surface area contributed by atoms with Crippen LogP contribution in [-0.2, 0) is 6.18 Å². The molecule has 0 aromatic heterocycles. The summed E-state index contributed by atoms with van der Waals surface area (Å²) >= 11 is 1.44. The Hall–Kier alpha value is -0.790. The van der Waals surface area contributed by atoms with Gasteiger partial charge in [-0.1, -0.05) is 0 Å². The van der Waals surface area contributed by atoms with Crippen LogP contribution in [0.1, 0.15) is 22.8 Å². The average Bonchev–Trinajstić information content (AvgIpc) is 1.99. The van der Waals surface area contributed by atoms with E-state index >= 15 is 0 Å². The van der Waals surface area contributed by atoms with E-state index in [9.17, 15) is 23.1 Å². The Morgan fingerprint density at radius 1 is 1.40 bits per heavy atom. The highest BCUT2D eigenvalue weighted by Crippen LogP contribution is 2.39. The van der Waals surface area contributed by atoms with E-state index in [-0.39, 0.29) is 9.13 Å². The summed E-state index contributed by atoms with van der Waals surface area (Å²) < 4.78 is 37.0. The number of halogens is 4. The second kappa shape index (κ2) is 3.99. The minimum atomic E-state index is -4.62. The second-order valence-corrected chi connectivity index (χ2v) is 4.07. The monoisotopic (exact) mass is 330 g/mol. The molecule has 1 rings (SSSR count). The predicted molar refractivity (Wildman–Crippen MR) is 55.8 cm³/mol. The Morgan fingerprint density at radius 2 is 1.93 bits per heavy atom. The highest BCUT2D eigenvalue weighted by Gasteiger charge is 2.36. The zero-order valence-corrected chi connectivity index (χ0v) is 9.68. The highest BCUT2D eigenvalue weighted by molar-refractivity contribution is 14.1. The molecular formula is C9H6F3IO2. The number of ketones is 1. The molecule has 0 spiro atoms. The van der Waals surface area contributed by atoms with Crippen LogP contribution >= 0.6 is 22.6 Å².